The van der Waals surface area contributed by atoms with Gasteiger partial charge in [-0.15, -0.1) is 0 Å². The first-order valence-electron chi connectivity index (χ1n) is 13.7. The first kappa shape index (κ1) is 34.0. The van der Waals surface area contributed by atoms with Crippen molar-refractivity contribution in [1.29, 1.82) is 0 Å². The Morgan fingerprint density at radius 1 is 0.475 bits per heavy atom. The lowest BCUT2D eigenvalue weighted by Crippen LogP contribution is -2.24. The topological polar surface area (TPSA) is 100 Å². The van der Waals surface area contributed by atoms with Crippen molar-refractivity contribution in [3.8, 4) is 11.1 Å². The van der Waals surface area contributed by atoms with Gasteiger partial charge >= 0.3 is 12.4 Å². The summed E-state index contributed by atoms with van der Waals surface area (Å²) in [6.07, 6.45) is -6.30. The second-order valence-electron chi connectivity index (χ2n) is 9.68. The van der Waals surface area contributed by atoms with Crippen LogP contribution >= 0.6 is 0 Å². The third kappa shape index (κ3) is 13.0. The Bertz CT molecular complexity index is 926. The molecule has 2 aromatic rings. The van der Waals surface area contributed by atoms with Crippen LogP contribution in [0.5, 0.6) is 0 Å². The minimum Gasteiger partial charge on any atom is -0.330 e. The zero-order valence-electron chi connectivity index (χ0n) is 22.8. The first-order chi connectivity index (χ1) is 19.0. The van der Waals surface area contributed by atoms with Crippen LogP contribution < -0.4 is 32.7 Å². The van der Waals surface area contributed by atoms with Crippen molar-refractivity contribution in [3.05, 3.63) is 58.7 Å². The van der Waals surface area contributed by atoms with Crippen LogP contribution in [-0.2, 0) is 25.4 Å². The van der Waals surface area contributed by atoms with Gasteiger partial charge in [-0.05, 0) is 131 Å². The van der Waals surface area contributed by atoms with Gasteiger partial charge in [0.2, 0.25) is 0 Å². The number of halogens is 6. The molecule has 0 saturated carbocycles. The molecule has 6 nitrogen and oxygen atoms in total. The van der Waals surface area contributed by atoms with Crippen molar-refractivity contribution in [1.82, 2.24) is 21.3 Å². The summed E-state index contributed by atoms with van der Waals surface area (Å²) in [7, 11) is 0. The molecule has 0 bridgehead atoms. The quantitative estimate of drug-likeness (QED) is 0.111. The van der Waals surface area contributed by atoms with Gasteiger partial charge in [0.1, 0.15) is 0 Å². The first-order valence-corrected chi connectivity index (χ1v) is 13.7. The van der Waals surface area contributed by atoms with Crippen molar-refractivity contribution in [2.45, 2.75) is 51.1 Å². The SMILES string of the molecule is NCCCNCCCNCc1cc(CNCCCNCCCN)cc(-c2cc(C(F)(F)F)cc(C(F)(F)F)c2)c1. The predicted octanol–water partition coefficient (Wildman–Crippen LogP) is 4.23. The van der Waals surface area contributed by atoms with E-state index >= 15 is 0 Å². The fourth-order valence-corrected chi connectivity index (χ4v) is 4.10. The highest BCUT2D eigenvalue weighted by atomic mass is 19.4. The van der Waals surface area contributed by atoms with E-state index in [0.717, 1.165) is 75.1 Å². The van der Waals surface area contributed by atoms with E-state index in [0.29, 0.717) is 44.8 Å². The molecule has 0 radical (unpaired) electrons. The molecule has 0 aliphatic rings. The number of hydrogen-bond acceptors (Lipinski definition) is 6. The minimum absolute atomic E-state index is 0.126. The largest absolute Gasteiger partial charge is 0.416 e. The summed E-state index contributed by atoms with van der Waals surface area (Å²) < 4.78 is 80.8. The Kier molecular flexibility index (Phi) is 14.9. The molecule has 0 saturated heterocycles. The van der Waals surface area contributed by atoms with Crippen LogP contribution in [0.1, 0.15) is 47.9 Å². The molecule has 0 atom stereocenters. The molecule has 0 aliphatic heterocycles. The molecule has 0 aromatic heterocycles. The lowest BCUT2D eigenvalue weighted by Gasteiger charge is -2.16. The number of alkyl halides is 6. The van der Waals surface area contributed by atoms with Crippen molar-refractivity contribution in [2.75, 3.05) is 52.4 Å². The number of nitrogens with two attached hydrogens (primary N) is 2. The van der Waals surface area contributed by atoms with Crippen LogP contribution in [0.4, 0.5) is 26.3 Å². The van der Waals surface area contributed by atoms with Gasteiger partial charge in [-0.25, -0.2) is 0 Å². The second-order valence-corrected chi connectivity index (χ2v) is 9.68. The fourth-order valence-electron chi connectivity index (χ4n) is 4.10. The average molecular weight is 577 g/mol. The molecular weight excluding hydrogens is 534 g/mol. The summed E-state index contributed by atoms with van der Waals surface area (Å²) >= 11 is 0. The van der Waals surface area contributed by atoms with E-state index in [2.05, 4.69) is 21.3 Å². The van der Waals surface area contributed by atoms with E-state index in [9.17, 15) is 26.3 Å². The lowest BCUT2D eigenvalue weighted by molar-refractivity contribution is -0.143. The fraction of sp³-hybridized carbons (Fsp3) is 0.571. The van der Waals surface area contributed by atoms with Crippen molar-refractivity contribution >= 4 is 0 Å². The van der Waals surface area contributed by atoms with E-state index in [1.54, 1.807) is 12.1 Å². The molecule has 0 unspecified atom stereocenters. The lowest BCUT2D eigenvalue weighted by atomic mass is 9.95. The summed E-state index contributed by atoms with van der Waals surface area (Å²) in [4.78, 5) is 0. The molecule has 0 heterocycles. The van der Waals surface area contributed by atoms with Crippen LogP contribution in [0.2, 0.25) is 0 Å². The van der Waals surface area contributed by atoms with E-state index in [4.69, 9.17) is 11.5 Å². The summed E-state index contributed by atoms with van der Waals surface area (Å²) in [6.45, 7) is 6.83. The van der Waals surface area contributed by atoms with Gasteiger partial charge in [0.15, 0.2) is 0 Å². The third-order valence-electron chi connectivity index (χ3n) is 6.16. The number of benzene rings is 2. The zero-order chi connectivity index (χ0) is 29.4. The highest BCUT2D eigenvalue weighted by Gasteiger charge is 2.37. The maximum atomic E-state index is 13.5. The second kappa shape index (κ2) is 17.6. The van der Waals surface area contributed by atoms with Gasteiger partial charge in [-0.1, -0.05) is 6.07 Å². The number of hydrogen-bond donors (Lipinski definition) is 6. The van der Waals surface area contributed by atoms with Crippen LogP contribution in [0.3, 0.4) is 0 Å². The van der Waals surface area contributed by atoms with Gasteiger partial charge in [0.25, 0.3) is 0 Å². The normalized spacial score (nSPS) is 12.3. The van der Waals surface area contributed by atoms with Gasteiger partial charge < -0.3 is 32.7 Å². The minimum atomic E-state index is -4.91. The summed E-state index contributed by atoms with van der Waals surface area (Å²) in [5.74, 6) is 0. The van der Waals surface area contributed by atoms with Crippen LogP contribution in [-0.4, -0.2) is 52.4 Å². The van der Waals surface area contributed by atoms with Gasteiger partial charge in [0, 0.05) is 13.1 Å². The maximum Gasteiger partial charge on any atom is 0.416 e. The Balaban J connectivity index is 2.18. The Labute approximate surface area is 232 Å². The molecule has 226 valence electrons. The van der Waals surface area contributed by atoms with E-state index in [-0.39, 0.29) is 11.6 Å². The Morgan fingerprint density at radius 2 is 0.850 bits per heavy atom. The molecule has 2 aromatic carbocycles. The van der Waals surface area contributed by atoms with E-state index < -0.39 is 23.5 Å². The molecule has 12 heteroatoms. The molecule has 0 aliphatic carbocycles. The Hall–Kier alpha value is -2.22. The molecule has 0 amide bonds. The van der Waals surface area contributed by atoms with Crippen LogP contribution in [0, 0.1) is 0 Å². The van der Waals surface area contributed by atoms with Crippen LogP contribution in [0.25, 0.3) is 11.1 Å². The number of nitrogens with one attached hydrogen (secondary N) is 4. The average Bonchev–Trinajstić information content (AvgIpc) is 2.90. The van der Waals surface area contributed by atoms with E-state index in [1.807, 2.05) is 6.07 Å². The molecular formula is C28H42F6N6. The summed E-state index contributed by atoms with van der Waals surface area (Å²) in [5.41, 5.74) is 10.0. The molecule has 8 N–H and O–H groups in total. The molecule has 40 heavy (non-hydrogen) atoms. The predicted molar refractivity (Wildman–Crippen MR) is 148 cm³/mol. The standard InChI is InChI=1S/C28H42F6N6/c29-27(30,31)25-16-24(17-26(18-25)28(32,33)34)23-14-21(19-39-11-3-9-37-7-1-5-35)13-22(15-23)20-40-12-4-10-38-8-2-6-36/h13-18,37-40H,1-12,19-20,35-36H2. The summed E-state index contributed by atoms with van der Waals surface area (Å²) in [5, 5.41) is 13.2. The van der Waals surface area contributed by atoms with Gasteiger partial charge in [-0.3, -0.25) is 0 Å². The molecule has 0 spiro atoms. The Morgan fingerprint density at radius 3 is 1.25 bits per heavy atom. The van der Waals surface area contributed by atoms with Crippen molar-refractivity contribution < 1.29 is 26.3 Å². The smallest absolute Gasteiger partial charge is 0.330 e. The van der Waals surface area contributed by atoms with Crippen LogP contribution in [0.15, 0.2) is 36.4 Å². The van der Waals surface area contributed by atoms with E-state index in [1.165, 1.54) is 0 Å². The third-order valence-corrected chi connectivity index (χ3v) is 6.16. The summed E-state index contributed by atoms with van der Waals surface area (Å²) in [6, 6.07) is 6.92. The van der Waals surface area contributed by atoms with Crippen molar-refractivity contribution in [2.24, 2.45) is 11.5 Å². The van der Waals surface area contributed by atoms with Crippen molar-refractivity contribution in [3.63, 3.8) is 0 Å². The van der Waals surface area contributed by atoms with Gasteiger partial charge in [0.05, 0.1) is 11.1 Å². The highest BCUT2D eigenvalue weighted by Crippen LogP contribution is 2.39. The molecule has 2 rings (SSSR count). The maximum absolute atomic E-state index is 13.5. The highest BCUT2D eigenvalue weighted by molar-refractivity contribution is 5.67. The molecule has 0 fully saturated rings. The monoisotopic (exact) mass is 576 g/mol. The zero-order valence-corrected chi connectivity index (χ0v) is 22.8. The van der Waals surface area contributed by atoms with Gasteiger partial charge in [-0.2, -0.15) is 26.3 Å². The number of rotatable bonds is 19.